The SMILES string of the molecule is Nc1ccccc1N(Cc1ccc2ccccc2c1)c1ccc(-n2c3ccccc3c3c4oc5ccccc5c4ccc32)cc1. The van der Waals surface area contributed by atoms with E-state index in [1.165, 1.54) is 21.7 Å². The molecular formula is C41H29N3O. The van der Waals surface area contributed by atoms with Gasteiger partial charge in [-0.15, -0.1) is 0 Å². The molecule has 9 rings (SSSR count). The van der Waals surface area contributed by atoms with E-state index in [-0.39, 0.29) is 0 Å². The van der Waals surface area contributed by atoms with Gasteiger partial charge in [0.25, 0.3) is 0 Å². The standard InChI is InChI=1S/C41H29N3O/c42-35-13-5-7-15-37(35)43(26-27-17-18-28-9-1-2-10-29(28)25-27)30-19-21-31(22-20-30)44-36-14-6-3-12-34(36)40-38(44)24-23-33-32-11-4-8-16-39(32)45-41(33)40/h1-25H,26,42H2. The van der Waals surface area contributed by atoms with Gasteiger partial charge in [-0.2, -0.15) is 0 Å². The summed E-state index contributed by atoms with van der Waals surface area (Å²) < 4.78 is 8.82. The molecule has 0 saturated carbocycles. The van der Waals surface area contributed by atoms with Gasteiger partial charge in [-0.25, -0.2) is 0 Å². The van der Waals surface area contributed by atoms with Gasteiger partial charge in [0.1, 0.15) is 11.2 Å². The van der Waals surface area contributed by atoms with Crippen LogP contribution in [-0.2, 0) is 6.54 Å². The van der Waals surface area contributed by atoms with Crippen molar-refractivity contribution in [3.05, 3.63) is 157 Å². The van der Waals surface area contributed by atoms with Crippen molar-refractivity contribution in [2.75, 3.05) is 10.6 Å². The fourth-order valence-corrected chi connectivity index (χ4v) is 6.86. The van der Waals surface area contributed by atoms with Crippen LogP contribution in [-0.4, -0.2) is 4.57 Å². The highest BCUT2D eigenvalue weighted by atomic mass is 16.3. The Labute approximate surface area is 260 Å². The number of fused-ring (bicyclic) bond motifs is 8. The molecule has 0 saturated heterocycles. The lowest BCUT2D eigenvalue weighted by molar-refractivity contribution is 0.673. The van der Waals surface area contributed by atoms with E-state index in [0.29, 0.717) is 6.54 Å². The molecule has 0 atom stereocenters. The van der Waals surface area contributed by atoms with E-state index in [4.69, 9.17) is 10.2 Å². The van der Waals surface area contributed by atoms with Crippen molar-refractivity contribution in [2.45, 2.75) is 6.54 Å². The molecule has 4 nitrogen and oxygen atoms in total. The normalized spacial score (nSPS) is 11.7. The molecule has 0 radical (unpaired) electrons. The van der Waals surface area contributed by atoms with E-state index in [9.17, 15) is 0 Å². The van der Waals surface area contributed by atoms with Crippen molar-refractivity contribution in [3.63, 3.8) is 0 Å². The summed E-state index contributed by atoms with van der Waals surface area (Å²) in [5.41, 5.74) is 15.8. The Morgan fingerprint density at radius 1 is 0.578 bits per heavy atom. The maximum absolute atomic E-state index is 6.55. The second kappa shape index (κ2) is 10.0. The number of furan rings is 1. The molecule has 0 aliphatic heterocycles. The van der Waals surface area contributed by atoms with Crippen LogP contribution in [0, 0.1) is 0 Å². The average Bonchev–Trinajstić information content (AvgIpc) is 3.63. The molecule has 0 aliphatic carbocycles. The summed E-state index contributed by atoms with van der Waals surface area (Å²) in [5.74, 6) is 0. The second-order valence-corrected chi connectivity index (χ2v) is 11.6. The van der Waals surface area contributed by atoms with Crippen molar-refractivity contribution in [2.24, 2.45) is 0 Å². The minimum absolute atomic E-state index is 0.692. The number of rotatable bonds is 5. The molecular weight excluding hydrogens is 550 g/mol. The number of nitrogen functional groups attached to an aromatic ring is 1. The number of benzene rings is 7. The highest BCUT2D eigenvalue weighted by Crippen LogP contribution is 2.41. The zero-order chi connectivity index (χ0) is 29.9. The van der Waals surface area contributed by atoms with E-state index < -0.39 is 0 Å². The first-order valence-corrected chi connectivity index (χ1v) is 15.3. The fourth-order valence-electron chi connectivity index (χ4n) is 6.86. The Bertz CT molecular complexity index is 2540. The van der Waals surface area contributed by atoms with Crippen LogP contribution in [0.2, 0.25) is 0 Å². The summed E-state index contributed by atoms with van der Waals surface area (Å²) in [6.07, 6.45) is 0. The quantitative estimate of drug-likeness (QED) is 0.206. The highest BCUT2D eigenvalue weighted by molar-refractivity contribution is 6.23. The number of anilines is 3. The number of hydrogen-bond donors (Lipinski definition) is 1. The minimum Gasteiger partial charge on any atom is -0.455 e. The number of para-hydroxylation sites is 4. The smallest absolute Gasteiger partial charge is 0.145 e. The van der Waals surface area contributed by atoms with Gasteiger partial charge in [0.2, 0.25) is 0 Å². The Hall–Kier alpha value is -6.00. The number of nitrogens with two attached hydrogens (primary N) is 1. The Morgan fingerprint density at radius 2 is 1.31 bits per heavy atom. The number of hydrogen-bond acceptors (Lipinski definition) is 3. The minimum atomic E-state index is 0.692. The summed E-state index contributed by atoms with van der Waals surface area (Å²) in [4.78, 5) is 2.30. The van der Waals surface area contributed by atoms with Crippen molar-refractivity contribution in [3.8, 4) is 5.69 Å². The molecule has 0 bridgehead atoms. The molecule has 0 amide bonds. The van der Waals surface area contributed by atoms with Gasteiger partial charge in [0.05, 0.1) is 27.8 Å². The highest BCUT2D eigenvalue weighted by Gasteiger charge is 2.19. The summed E-state index contributed by atoms with van der Waals surface area (Å²) in [5, 5.41) is 7.07. The zero-order valence-electron chi connectivity index (χ0n) is 24.5. The number of aromatic nitrogens is 1. The van der Waals surface area contributed by atoms with E-state index in [1.54, 1.807) is 0 Å². The van der Waals surface area contributed by atoms with E-state index in [0.717, 1.165) is 61.1 Å². The molecule has 214 valence electrons. The Morgan fingerprint density at radius 3 is 2.18 bits per heavy atom. The summed E-state index contributed by atoms with van der Waals surface area (Å²) in [7, 11) is 0. The molecule has 45 heavy (non-hydrogen) atoms. The topological polar surface area (TPSA) is 47.3 Å². The predicted molar refractivity (Wildman–Crippen MR) is 189 cm³/mol. The molecule has 0 unspecified atom stereocenters. The molecule has 2 N–H and O–H groups in total. The molecule has 9 aromatic rings. The van der Waals surface area contributed by atoms with E-state index in [2.05, 4.69) is 131 Å². The van der Waals surface area contributed by atoms with Crippen molar-refractivity contribution in [1.29, 1.82) is 0 Å². The van der Waals surface area contributed by atoms with Crippen molar-refractivity contribution in [1.82, 2.24) is 4.57 Å². The van der Waals surface area contributed by atoms with Gasteiger partial charge in [-0.1, -0.05) is 84.9 Å². The average molecular weight is 580 g/mol. The van der Waals surface area contributed by atoms with Crippen LogP contribution in [0.3, 0.4) is 0 Å². The van der Waals surface area contributed by atoms with E-state index >= 15 is 0 Å². The first-order valence-electron chi connectivity index (χ1n) is 15.3. The summed E-state index contributed by atoms with van der Waals surface area (Å²) in [6, 6.07) is 53.3. The molecule has 2 heterocycles. The van der Waals surface area contributed by atoms with Crippen LogP contribution in [0.4, 0.5) is 17.1 Å². The largest absolute Gasteiger partial charge is 0.455 e. The van der Waals surface area contributed by atoms with Gasteiger partial charge in [-0.05, 0) is 83.1 Å². The fraction of sp³-hybridized carbons (Fsp3) is 0.0244. The molecule has 4 heteroatoms. The summed E-state index contributed by atoms with van der Waals surface area (Å²) >= 11 is 0. The second-order valence-electron chi connectivity index (χ2n) is 11.6. The van der Waals surface area contributed by atoms with Gasteiger partial charge < -0.3 is 19.6 Å². The Balaban J connectivity index is 1.18. The molecule has 2 aromatic heterocycles. The third-order valence-corrected chi connectivity index (χ3v) is 8.98. The molecule has 0 aliphatic rings. The lowest BCUT2D eigenvalue weighted by atomic mass is 10.1. The van der Waals surface area contributed by atoms with Gasteiger partial charge >= 0.3 is 0 Å². The molecule has 0 spiro atoms. The first kappa shape index (κ1) is 25.5. The van der Waals surface area contributed by atoms with Crippen LogP contribution < -0.4 is 10.6 Å². The monoisotopic (exact) mass is 579 g/mol. The third kappa shape index (κ3) is 4.07. The molecule has 0 fully saturated rings. The first-order chi connectivity index (χ1) is 22.2. The van der Waals surface area contributed by atoms with Crippen LogP contribution >= 0.6 is 0 Å². The van der Waals surface area contributed by atoms with Gasteiger partial charge in [0, 0.05) is 34.1 Å². The lowest BCUT2D eigenvalue weighted by Gasteiger charge is -2.27. The third-order valence-electron chi connectivity index (χ3n) is 8.98. The van der Waals surface area contributed by atoms with Crippen LogP contribution in [0.15, 0.2) is 156 Å². The van der Waals surface area contributed by atoms with Gasteiger partial charge in [0.15, 0.2) is 0 Å². The predicted octanol–water partition coefficient (Wildman–Crippen LogP) is 10.8. The number of nitrogens with zero attached hydrogens (tertiary/aromatic N) is 2. The Kier molecular flexibility index (Phi) is 5.69. The summed E-state index contributed by atoms with van der Waals surface area (Å²) in [6.45, 7) is 0.692. The lowest BCUT2D eigenvalue weighted by Crippen LogP contribution is -2.18. The van der Waals surface area contributed by atoms with Crippen LogP contribution in [0.25, 0.3) is 60.2 Å². The van der Waals surface area contributed by atoms with Crippen LogP contribution in [0.5, 0.6) is 0 Å². The van der Waals surface area contributed by atoms with Crippen molar-refractivity contribution < 1.29 is 4.42 Å². The maximum atomic E-state index is 6.55. The van der Waals surface area contributed by atoms with Gasteiger partial charge in [-0.3, -0.25) is 0 Å². The zero-order valence-corrected chi connectivity index (χ0v) is 24.5. The van der Waals surface area contributed by atoms with Crippen LogP contribution in [0.1, 0.15) is 5.56 Å². The van der Waals surface area contributed by atoms with Crippen molar-refractivity contribution >= 4 is 71.6 Å². The van der Waals surface area contributed by atoms with E-state index in [1.807, 2.05) is 30.3 Å². The maximum Gasteiger partial charge on any atom is 0.145 e. The molecule has 7 aromatic carbocycles.